The number of nitrogens with one attached hydrogen (secondary N) is 1. The van der Waals surface area contributed by atoms with Crippen LogP contribution in [0.15, 0.2) is 18.3 Å². The molecule has 2 unspecified atom stereocenters. The van der Waals surface area contributed by atoms with E-state index in [2.05, 4.69) is 29.4 Å². The molecule has 1 aliphatic carbocycles. The number of ether oxygens (including phenoxy) is 1. The van der Waals surface area contributed by atoms with Crippen molar-refractivity contribution in [3.63, 3.8) is 0 Å². The van der Waals surface area contributed by atoms with Crippen molar-refractivity contribution in [3.05, 3.63) is 29.6 Å². The second-order valence-corrected chi connectivity index (χ2v) is 6.09. The van der Waals surface area contributed by atoms with Crippen molar-refractivity contribution in [2.24, 2.45) is 17.8 Å². The molecule has 1 aromatic heterocycles. The lowest BCUT2D eigenvalue weighted by molar-refractivity contribution is 0.101. The fraction of sp³-hybridized carbons (Fsp3) is 0.688. The van der Waals surface area contributed by atoms with Crippen LogP contribution in [-0.2, 0) is 11.3 Å². The van der Waals surface area contributed by atoms with Crippen LogP contribution in [0.5, 0.6) is 0 Å². The smallest absolute Gasteiger partial charge is 0.0887 e. The molecule has 0 aromatic carbocycles. The van der Waals surface area contributed by atoms with Crippen LogP contribution >= 0.6 is 0 Å². The molecule has 2 atom stereocenters. The van der Waals surface area contributed by atoms with Gasteiger partial charge < -0.3 is 10.1 Å². The first-order valence-corrected chi connectivity index (χ1v) is 7.53. The van der Waals surface area contributed by atoms with Gasteiger partial charge in [0.2, 0.25) is 0 Å². The zero-order valence-electron chi connectivity index (χ0n) is 11.8. The minimum Gasteiger partial charge on any atom is -0.375 e. The van der Waals surface area contributed by atoms with E-state index in [-0.39, 0.29) is 0 Å². The van der Waals surface area contributed by atoms with Crippen LogP contribution in [0.1, 0.15) is 30.5 Å². The van der Waals surface area contributed by atoms with E-state index < -0.39 is 0 Å². The lowest BCUT2D eigenvalue weighted by Gasteiger charge is -2.22. The SMILES string of the molecule is Cc1ccc(COCC2CC2C2CCNCC2)nc1. The number of hydrogen-bond acceptors (Lipinski definition) is 3. The Labute approximate surface area is 115 Å². The van der Waals surface area contributed by atoms with E-state index in [1.807, 2.05) is 6.20 Å². The first kappa shape index (κ1) is 13.1. The van der Waals surface area contributed by atoms with Gasteiger partial charge in [-0.25, -0.2) is 0 Å². The van der Waals surface area contributed by atoms with E-state index in [9.17, 15) is 0 Å². The molecule has 3 nitrogen and oxygen atoms in total. The minimum absolute atomic E-state index is 0.662. The molecule has 0 amide bonds. The summed E-state index contributed by atoms with van der Waals surface area (Å²) in [6.07, 6.45) is 6.01. The van der Waals surface area contributed by atoms with Crippen molar-refractivity contribution >= 4 is 0 Å². The molecule has 3 heteroatoms. The second-order valence-electron chi connectivity index (χ2n) is 6.09. The summed E-state index contributed by atoms with van der Waals surface area (Å²) in [5.41, 5.74) is 2.25. The third-order valence-electron chi connectivity index (χ3n) is 4.52. The highest BCUT2D eigenvalue weighted by molar-refractivity contribution is 5.11. The Hall–Kier alpha value is -0.930. The predicted octanol–water partition coefficient (Wildman–Crippen LogP) is 2.54. The molecule has 1 saturated carbocycles. The average Bonchev–Trinajstić information content (AvgIpc) is 3.22. The van der Waals surface area contributed by atoms with Gasteiger partial charge in [0.25, 0.3) is 0 Å². The van der Waals surface area contributed by atoms with E-state index in [1.165, 1.54) is 37.9 Å². The van der Waals surface area contributed by atoms with Crippen LogP contribution in [-0.4, -0.2) is 24.7 Å². The molecule has 2 aliphatic rings. The normalized spacial score (nSPS) is 27.4. The minimum atomic E-state index is 0.662. The molecule has 0 spiro atoms. The van der Waals surface area contributed by atoms with E-state index in [0.717, 1.165) is 30.1 Å². The standard InChI is InChI=1S/C16H24N2O/c1-12-2-3-15(18-9-12)11-19-10-14-8-16(14)13-4-6-17-7-5-13/h2-3,9,13-14,16-17H,4-8,10-11H2,1H3. The maximum atomic E-state index is 5.83. The van der Waals surface area contributed by atoms with Crippen LogP contribution in [0.4, 0.5) is 0 Å². The van der Waals surface area contributed by atoms with Gasteiger partial charge in [-0.05, 0) is 68.7 Å². The predicted molar refractivity (Wildman–Crippen MR) is 75.8 cm³/mol. The van der Waals surface area contributed by atoms with E-state index >= 15 is 0 Å². The molecule has 0 radical (unpaired) electrons. The largest absolute Gasteiger partial charge is 0.375 e. The quantitative estimate of drug-likeness (QED) is 0.883. The highest BCUT2D eigenvalue weighted by atomic mass is 16.5. The summed E-state index contributed by atoms with van der Waals surface area (Å²) in [7, 11) is 0. The summed E-state index contributed by atoms with van der Waals surface area (Å²) in [5, 5.41) is 3.44. The Morgan fingerprint density at radius 2 is 2.16 bits per heavy atom. The summed E-state index contributed by atoms with van der Waals surface area (Å²) in [6, 6.07) is 4.16. The Kier molecular flexibility index (Phi) is 4.14. The van der Waals surface area contributed by atoms with Crippen molar-refractivity contribution in [3.8, 4) is 0 Å². The number of rotatable bonds is 5. The summed E-state index contributed by atoms with van der Waals surface area (Å²) in [5.74, 6) is 2.70. The van der Waals surface area contributed by atoms with Gasteiger partial charge >= 0.3 is 0 Å². The highest BCUT2D eigenvalue weighted by Gasteiger charge is 2.42. The Balaban J connectivity index is 1.36. The molecule has 2 heterocycles. The summed E-state index contributed by atoms with van der Waals surface area (Å²) in [6.45, 7) is 6.06. The van der Waals surface area contributed by atoms with Crippen molar-refractivity contribution in [2.45, 2.75) is 32.8 Å². The molecular formula is C16H24N2O. The lowest BCUT2D eigenvalue weighted by Crippen LogP contribution is -2.29. The molecule has 1 saturated heterocycles. The van der Waals surface area contributed by atoms with Crippen LogP contribution in [0, 0.1) is 24.7 Å². The second kappa shape index (κ2) is 6.02. The van der Waals surface area contributed by atoms with Gasteiger partial charge in [0, 0.05) is 6.20 Å². The first-order valence-electron chi connectivity index (χ1n) is 7.53. The van der Waals surface area contributed by atoms with Crippen LogP contribution in [0.2, 0.25) is 0 Å². The molecule has 1 aliphatic heterocycles. The molecule has 19 heavy (non-hydrogen) atoms. The number of piperidine rings is 1. The van der Waals surface area contributed by atoms with Gasteiger partial charge in [0.15, 0.2) is 0 Å². The van der Waals surface area contributed by atoms with E-state index in [1.54, 1.807) is 0 Å². The zero-order chi connectivity index (χ0) is 13.1. The van der Waals surface area contributed by atoms with Gasteiger partial charge in [0.05, 0.1) is 18.9 Å². The van der Waals surface area contributed by atoms with Gasteiger partial charge in [-0.3, -0.25) is 4.98 Å². The maximum absolute atomic E-state index is 5.83. The van der Waals surface area contributed by atoms with Crippen molar-refractivity contribution in [1.82, 2.24) is 10.3 Å². The molecule has 1 aromatic rings. The van der Waals surface area contributed by atoms with E-state index in [4.69, 9.17) is 4.74 Å². The van der Waals surface area contributed by atoms with Gasteiger partial charge in [-0.2, -0.15) is 0 Å². The Bertz CT molecular complexity index is 398. The number of aryl methyl sites for hydroxylation is 1. The lowest BCUT2D eigenvalue weighted by atomic mass is 9.92. The summed E-state index contributed by atoms with van der Waals surface area (Å²) < 4.78 is 5.83. The number of pyridine rings is 1. The fourth-order valence-corrected chi connectivity index (χ4v) is 3.21. The third kappa shape index (κ3) is 3.54. The highest BCUT2D eigenvalue weighted by Crippen LogP contribution is 2.47. The molecule has 0 bridgehead atoms. The van der Waals surface area contributed by atoms with Gasteiger partial charge in [-0.15, -0.1) is 0 Å². The molecule has 1 N–H and O–H groups in total. The van der Waals surface area contributed by atoms with Crippen LogP contribution in [0.3, 0.4) is 0 Å². The summed E-state index contributed by atoms with van der Waals surface area (Å²) >= 11 is 0. The molecule has 2 fully saturated rings. The number of nitrogens with zero attached hydrogens (tertiary/aromatic N) is 1. The van der Waals surface area contributed by atoms with Gasteiger partial charge in [-0.1, -0.05) is 6.07 Å². The molecular weight excluding hydrogens is 236 g/mol. The first-order chi connectivity index (χ1) is 9.33. The van der Waals surface area contributed by atoms with Crippen molar-refractivity contribution in [1.29, 1.82) is 0 Å². The topological polar surface area (TPSA) is 34.1 Å². The van der Waals surface area contributed by atoms with Crippen molar-refractivity contribution in [2.75, 3.05) is 19.7 Å². The summed E-state index contributed by atoms with van der Waals surface area (Å²) in [4.78, 5) is 4.37. The number of aromatic nitrogens is 1. The monoisotopic (exact) mass is 260 g/mol. The van der Waals surface area contributed by atoms with Crippen LogP contribution in [0.25, 0.3) is 0 Å². The molecule has 104 valence electrons. The third-order valence-corrected chi connectivity index (χ3v) is 4.52. The van der Waals surface area contributed by atoms with Gasteiger partial charge in [0.1, 0.15) is 0 Å². The average molecular weight is 260 g/mol. The van der Waals surface area contributed by atoms with Crippen molar-refractivity contribution < 1.29 is 4.74 Å². The fourth-order valence-electron chi connectivity index (χ4n) is 3.21. The molecule has 3 rings (SSSR count). The maximum Gasteiger partial charge on any atom is 0.0887 e. The Morgan fingerprint density at radius 3 is 2.89 bits per heavy atom. The number of hydrogen-bond donors (Lipinski definition) is 1. The van der Waals surface area contributed by atoms with E-state index in [0.29, 0.717) is 6.61 Å². The van der Waals surface area contributed by atoms with Crippen LogP contribution < -0.4 is 5.32 Å². The Morgan fingerprint density at radius 1 is 1.32 bits per heavy atom. The zero-order valence-corrected chi connectivity index (χ0v) is 11.8.